The van der Waals surface area contributed by atoms with E-state index in [2.05, 4.69) is 22.4 Å². The highest BCUT2D eigenvalue weighted by molar-refractivity contribution is 5.54. The Morgan fingerprint density at radius 1 is 1.25 bits per heavy atom. The number of fused-ring (bicyclic) bond motifs is 1. The highest BCUT2D eigenvalue weighted by Gasteiger charge is 2.29. The topological polar surface area (TPSA) is 73.5 Å². The molecular weight excluding hydrogens is 304 g/mol. The molecule has 1 atom stereocenters. The van der Waals surface area contributed by atoms with Crippen molar-refractivity contribution in [2.75, 3.05) is 19.7 Å². The standard InChI is InChI=1S/C18H24N4O2/c1-2-22-16(19-9-6-10-23)11-15-17(18(22)24)21(13-20-15)12-14-7-4-3-5-8-14/h3-5,7-8,11,13,18-19,23-24H,2,6,9-10,12H2,1H3/t18-/m0/s1. The smallest absolute Gasteiger partial charge is 0.171 e. The zero-order valence-corrected chi connectivity index (χ0v) is 13.9. The van der Waals surface area contributed by atoms with Crippen LogP contribution in [0.4, 0.5) is 0 Å². The molecule has 0 saturated carbocycles. The monoisotopic (exact) mass is 328 g/mol. The van der Waals surface area contributed by atoms with E-state index in [-0.39, 0.29) is 6.61 Å². The molecule has 1 aromatic heterocycles. The van der Waals surface area contributed by atoms with E-state index >= 15 is 0 Å². The molecule has 1 aliphatic heterocycles. The van der Waals surface area contributed by atoms with Crippen molar-refractivity contribution < 1.29 is 10.2 Å². The molecule has 1 aromatic carbocycles. The fraction of sp³-hybridized carbons (Fsp3) is 0.389. The number of aliphatic hydroxyl groups is 2. The van der Waals surface area contributed by atoms with Crippen molar-refractivity contribution in [2.45, 2.75) is 26.1 Å². The van der Waals surface area contributed by atoms with Gasteiger partial charge < -0.3 is 25.0 Å². The van der Waals surface area contributed by atoms with Gasteiger partial charge in [0.1, 0.15) is 5.82 Å². The predicted octanol–water partition coefficient (Wildman–Crippen LogP) is 1.53. The first-order chi connectivity index (χ1) is 11.7. The average molecular weight is 328 g/mol. The Bertz CT molecular complexity index is 696. The van der Waals surface area contributed by atoms with Crippen LogP contribution in [0, 0.1) is 0 Å². The van der Waals surface area contributed by atoms with Gasteiger partial charge in [-0.05, 0) is 18.9 Å². The van der Waals surface area contributed by atoms with Crippen LogP contribution in [0.2, 0.25) is 0 Å². The van der Waals surface area contributed by atoms with Crippen molar-refractivity contribution in [2.24, 2.45) is 0 Å². The van der Waals surface area contributed by atoms with Crippen molar-refractivity contribution in [1.29, 1.82) is 0 Å². The maximum atomic E-state index is 10.8. The number of aromatic nitrogens is 2. The van der Waals surface area contributed by atoms with Gasteiger partial charge >= 0.3 is 0 Å². The van der Waals surface area contributed by atoms with Crippen molar-refractivity contribution in [3.05, 3.63) is 59.4 Å². The van der Waals surface area contributed by atoms with Gasteiger partial charge in [0.2, 0.25) is 0 Å². The number of nitrogens with one attached hydrogen (secondary N) is 1. The summed E-state index contributed by atoms with van der Waals surface area (Å²) in [5, 5.41) is 23.0. The van der Waals surface area contributed by atoms with Gasteiger partial charge in [0, 0.05) is 32.3 Å². The number of rotatable bonds is 7. The summed E-state index contributed by atoms with van der Waals surface area (Å²) in [5.74, 6) is 0.843. The fourth-order valence-electron chi connectivity index (χ4n) is 2.99. The number of aliphatic hydroxyl groups excluding tert-OH is 2. The highest BCUT2D eigenvalue weighted by atomic mass is 16.3. The summed E-state index contributed by atoms with van der Waals surface area (Å²) in [6, 6.07) is 10.1. The molecule has 0 aliphatic carbocycles. The van der Waals surface area contributed by atoms with E-state index in [0.29, 0.717) is 26.1 Å². The second kappa shape index (κ2) is 7.51. The van der Waals surface area contributed by atoms with E-state index in [9.17, 15) is 5.11 Å². The molecule has 3 N–H and O–H groups in total. The lowest BCUT2D eigenvalue weighted by molar-refractivity contribution is 0.0170. The van der Waals surface area contributed by atoms with Gasteiger partial charge in [-0.15, -0.1) is 0 Å². The molecule has 6 heteroatoms. The first kappa shape index (κ1) is 16.5. The molecule has 24 heavy (non-hydrogen) atoms. The molecule has 0 spiro atoms. The molecular formula is C18H24N4O2. The molecule has 0 fully saturated rings. The molecule has 0 saturated heterocycles. The molecule has 2 aromatic rings. The van der Waals surface area contributed by atoms with Crippen LogP contribution in [0.1, 0.15) is 36.5 Å². The zero-order valence-electron chi connectivity index (χ0n) is 13.9. The van der Waals surface area contributed by atoms with E-state index in [4.69, 9.17) is 5.11 Å². The van der Waals surface area contributed by atoms with E-state index in [1.807, 2.05) is 40.7 Å². The first-order valence-corrected chi connectivity index (χ1v) is 8.34. The Balaban J connectivity index is 1.87. The van der Waals surface area contributed by atoms with Gasteiger partial charge in [0.25, 0.3) is 0 Å². The first-order valence-electron chi connectivity index (χ1n) is 8.34. The number of benzene rings is 1. The van der Waals surface area contributed by atoms with E-state index < -0.39 is 6.23 Å². The van der Waals surface area contributed by atoms with Crippen LogP contribution in [0.5, 0.6) is 0 Å². The second-order valence-corrected chi connectivity index (χ2v) is 5.82. The van der Waals surface area contributed by atoms with Crippen LogP contribution in [-0.4, -0.2) is 44.4 Å². The average Bonchev–Trinajstić information content (AvgIpc) is 2.99. The summed E-state index contributed by atoms with van der Waals surface area (Å²) in [4.78, 5) is 6.37. The van der Waals surface area contributed by atoms with Crippen LogP contribution >= 0.6 is 0 Å². The zero-order chi connectivity index (χ0) is 16.9. The SMILES string of the molecule is CCN1C(NCCCO)=Cc2ncn(Cc3ccccc3)c2[C@@H]1O. The van der Waals surface area contributed by atoms with Crippen LogP contribution in [0.25, 0.3) is 6.08 Å². The third-order valence-corrected chi connectivity index (χ3v) is 4.21. The molecule has 0 amide bonds. The van der Waals surface area contributed by atoms with Gasteiger partial charge in [-0.2, -0.15) is 0 Å². The minimum Gasteiger partial charge on any atom is -0.396 e. The molecule has 3 rings (SSSR count). The Hall–Kier alpha value is -2.31. The lowest BCUT2D eigenvalue weighted by atomic mass is 10.1. The fourth-order valence-corrected chi connectivity index (χ4v) is 2.99. The van der Waals surface area contributed by atoms with E-state index in [0.717, 1.165) is 17.2 Å². The molecule has 2 heterocycles. The maximum Gasteiger partial charge on any atom is 0.171 e. The number of nitrogens with zero attached hydrogens (tertiary/aromatic N) is 3. The molecule has 6 nitrogen and oxygen atoms in total. The number of imidazole rings is 1. The van der Waals surface area contributed by atoms with Crippen molar-refractivity contribution >= 4 is 6.08 Å². The Labute approximate surface area is 142 Å². The third-order valence-electron chi connectivity index (χ3n) is 4.21. The Morgan fingerprint density at radius 3 is 2.75 bits per heavy atom. The van der Waals surface area contributed by atoms with Crippen LogP contribution in [0.15, 0.2) is 42.5 Å². The minimum absolute atomic E-state index is 0.145. The molecule has 1 aliphatic rings. The largest absolute Gasteiger partial charge is 0.396 e. The van der Waals surface area contributed by atoms with Crippen molar-refractivity contribution in [3.8, 4) is 0 Å². The van der Waals surface area contributed by atoms with E-state index in [1.165, 1.54) is 5.56 Å². The normalized spacial score (nSPS) is 16.7. The molecule has 0 radical (unpaired) electrons. The lowest BCUT2D eigenvalue weighted by Gasteiger charge is -2.35. The van der Waals surface area contributed by atoms with Gasteiger partial charge in [-0.3, -0.25) is 0 Å². The van der Waals surface area contributed by atoms with Gasteiger partial charge in [-0.25, -0.2) is 4.98 Å². The quantitative estimate of drug-likeness (QED) is 0.672. The second-order valence-electron chi connectivity index (χ2n) is 5.82. The summed E-state index contributed by atoms with van der Waals surface area (Å²) < 4.78 is 2.00. The third kappa shape index (κ3) is 3.29. The molecule has 128 valence electrons. The lowest BCUT2D eigenvalue weighted by Crippen LogP contribution is -2.38. The Kier molecular flexibility index (Phi) is 5.17. The van der Waals surface area contributed by atoms with Crippen LogP contribution in [-0.2, 0) is 6.54 Å². The summed E-state index contributed by atoms with van der Waals surface area (Å²) in [6.45, 7) is 4.17. The minimum atomic E-state index is -0.738. The van der Waals surface area contributed by atoms with Gasteiger partial charge in [0.05, 0.1) is 17.7 Å². The summed E-state index contributed by atoms with van der Waals surface area (Å²) in [6.07, 6.45) is 3.67. The highest BCUT2D eigenvalue weighted by Crippen LogP contribution is 2.31. The number of hydrogen-bond donors (Lipinski definition) is 3. The predicted molar refractivity (Wildman–Crippen MR) is 92.8 cm³/mol. The van der Waals surface area contributed by atoms with Crippen LogP contribution in [0.3, 0.4) is 0 Å². The molecule has 0 unspecified atom stereocenters. The number of hydrogen-bond acceptors (Lipinski definition) is 5. The van der Waals surface area contributed by atoms with Crippen molar-refractivity contribution in [3.63, 3.8) is 0 Å². The summed E-state index contributed by atoms with van der Waals surface area (Å²) in [5.41, 5.74) is 2.77. The van der Waals surface area contributed by atoms with E-state index in [1.54, 1.807) is 6.33 Å². The molecule has 0 bridgehead atoms. The van der Waals surface area contributed by atoms with Crippen molar-refractivity contribution in [1.82, 2.24) is 19.8 Å². The van der Waals surface area contributed by atoms with Gasteiger partial charge in [0.15, 0.2) is 6.23 Å². The maximum absolute atomic E-state index is 10.8. The summed E-state index contributed by atoms with van der Waals surface area (Å²) >= 11 is 0. The summed E-state index contributed by atoms with van der Waals surface area (Å²) in [7, 11) is 0. The van der Waals surface area contributed by atoms with Gasteiger partial charge in [-0.1, -0.05) is 30.3 Å². The Morgan fingerprint density at radius 2 is 2.04 bits per heavy atom. The van der Waals surface area contributed by atoms with Crippen LogP contribution < -0.4 is 5.32 Å².